The largest absolute Gasteiger partial charge is 0.573 e. The predicted octanol–water partition coefficient (Wildman–Crippen LogP) is 3.60. The molecule has 0 aliphatic heterocycles. The lowest BCUT2D eigenvalue weighted by molar-refractivity contribution is -0.274. The molecule has 1 aromatic rings. The normalized spacial score (nSPS) is 11.6. The minimum absolute atomic E-state index is 0.0911. The predicted molar refractivity (Wildman–Crippen MR) is 45.7 cm³/mol. The van der Waals surface area contributed by atoms with Crippen molar-refractivity contribution in [1.29, 1.82) is 0 Å². The molecule has 0 aromatic carbocycles. The summed E-state index contributed by atoms with van der Waals surface area (Å²) in [6.07, 6.45) is -4.77. The summed E-state index contributed by atoms with van der Waals surface area (Å²) in [6.45, 7) is 1.35. The van der Waals surface area contributed by atoms with Crippen LogP contribution in [0.5, 0.6) is 5.75 Å². The first kappa shape index (κ1) is 11.4. The maximum Gasteiger partial charge on any atom is 0.573 e. The Morgan fingerprint density at radius 2 is 1.93 bits per heavy atom. The molecule has 0 unspecified atom stereocenters. The summed E-state index contributed by atoms with van der Waals surface area (Å²) >= 11 is 10.9. The zero-order chi connectivity index (χ0) is 10.9. The molecule has 2 nitrogen and oxygen atoms in total. The van der Waals surface area contributed by atoms with Gasteiger partial charge in [-0.05, 0) is 6.92 Å². The van der Waals surface area contributed by atoms with Crippen molar-refractivity contribution in [2.24, 2.45) is 0 Å². The molecule has 0 saturated carbocycles. The Bertz CT molecular complexity index is 354. The van der Waals surface area contributed by atoms with Crippen LogP contribution in [-0.2, 0) is 0 Å². The summed E-state index contributed by atoms with van der Waals surface area (Å²) < 4.78 is 39.3. The van der Waals surface area contributed by atoms with Gasteiger partial charge in [-0.1, -0.05) is 23.2 Å². The van der Waals surface area contributed by atoms with Gasteiger partial charge in [0.25, 0.3) is 0 Å². The molecular weight excluding hydrogens is 242 g/mol. The maximum atomic E-state index is 11.9. The molecule has 0 aliphatic carbocycles. The van der Waals surface area contributed by atoms with Crippen molar-refractivity contribution in [1.82, 2.24) is 4.98 Å². The molecule has 0 radical (unpaired) electrons. The third-order valence-corrected chi connectivity index (χ3v) is 1.92. The molecule has 0 aliphatic rings. The molecule has 0 N–H and O–H groups in total. The average molecular weight is 246 g/mol. The second kappa shape index (κ2) is 3.82. The van der Waals surface area contributed by atoms with Crippen LogP contribution in [0.1, 0.15) is 5.56 Å². The first-order valence-corrected chi connectivity index (χ1v) is 4.13. The fraction of sp³-hybridized carbons (Fsp3) is 0.286. The lowest BCUT2D eigenvalue weighted by Gasteiger charge is -2.11. The molecule has 0 spiro atoms. The van der Waals surface area contributed by atoms with E-state index in [9.17, 15) is 13.2 Å². The Labute approximate surface area is 87.6 Å². The third-order valence-electron chi connectivity index (χ3n) is 1.36. The topological polar surface area (TPSA) is 22.1 Å². The Hall–Kier alpha value is -0.680. The molecule has 0 atom stereocenters. The summed E-state index contributed by atoms with van der Waals surface area (Å²) in [5.74, 6) is -0.442. The quantitative estimate of drug-likeness (QED) is 0.706. The highest BCUT2D eigenvalue weighted by Crippen LogP contribution is 2.31. The Morgan fingerprint density at radius 3 is 2.43 bits per heavy atom. The molecule has 0 bridgehead atoms. The van der Waals surface area contributed by atoms with Crippen molar-refractivity contribution in [3.63, 3.8) is 0 Å². The van der Waals surface area contributed by atoms with Crippen LogP contribution in [0.3, 0.4) is 0 Å². The number of rotatable bonds is 1. The van der Waals surface area contributed by atoms with Crippen LogP contribution in [-0.4, -0.2) is 11.3 Å². The van der Waals surface area contributed by atoms with Crippen molar-refractivity contribution in [3.05, 3.63) is 21.9 Å². The van der Waals surface area contributed by atoms with Gasteiger partial charge in [0.15, 0.2) is 0 Å². The fourth-order valence-electron chi connectivity index (χ4n) is 0.759. The van der Waals surface area contributed by atoms with Crippen molar-refractivity contribution in [2.45, 2.75) is 13.3 Å². The number of alkyl halides is 3. The third kappa shape index (κ3) is 2.92. The van der Waals surface area contributed by atoms with Gasteiger partial charge in [-0.2, -0.15) is 0 Å². The number of hydrogen-bond donors (Lipinski definition) is 0. The second-order valence-corrected chi connectivity index (χ2v) is 3.15. The molecule has 78 valence electrons. The Balaban J connectivity index is 3.09. The summed E-state index contributed by atoms with van der Waals surface area (Å²) in [6, 6.07) is 0.955. The zero-order valence-corrected chi connectivity index (χ0v) is 8.33. The van der Waals surface area contributed by atoms with Crippen LogP contribution in [0.2, 0.25) is 10.3 Å². The lowest BCUT2D eigenvalue weighted by Crippen LogP contribution is -2.18. The number of hydrogen-bond acceptors (Lipinski definition) is 2. The molecule has 0 amide bonds. The van der Waals surface area contributed by atoms with Gasteiger partial charge >= 0.3 is 6.36 Å². The number of pyridine rings is 1. The van der Waals surface area contributed by atoms with Gasteiger partial charge in [-0.25, -0.2) is 4.98 Å². The average Bonchev–Trinajstić information content (AvgIpc) is 1.96. The van der Waals surface area contributed by atoms with Crippen LogP contribution in [0.15, 0.2) is 6.07 Å². The molecule has 1 aromatic heterocycles. The monoisotopic (exact) mass is 245 g/mol. The van der Waals surface area contributed by atoms with E-state index in [0.29, 0.717) is 0 Å². The van der Waals surface area contributed by atoms with E-state index in [4.69, 9.17) is 23.2 Å². The van der Waals surface area contributed by atoms with Crippen molar-refractivity contribution in [3.8, 4) is 5.75 Å². The second-order valence-electron chi connectivity index (χ2n) is 2.41. The lowest BCUT2D eigenvalue weighted by atomic mass is 10.3. The minimum atomic E-state index is -4.77. The first-order valence-electron chi connectivity index (χ1n) is 3.38. The van der Waals surface area contributed by atoms with Gasteiger partial charge in [0.2, 0.25) is 0 Å². The number of ether oxygens (including phenoxy) is 1. The zero-order valence-electron chi connectivity index (χ0n) is 6.82. The van der Waals surface area contributed by atoms with Crippen LogP contribution in [0, 0.1) is 6.92 Å². The van der Waals surface area contributed by atoms with E-state index in [0.717, 1.165) is 6.07 Å². The highest BCUT2D eigenvalue weighted by atomic mass is 35.5. The van der Waals surface area contributed by atoms with Crippen molar-refractivity contribution in [2.75, 3.05) is 0 Å². The van der Waals surface area contributed by atoms with Crippen molar-refractivity contribution >= 4 is 23.2 Å². The van der Waals surface area contributed by atoms with Gasteiger partial charge in [0, 0.05) is 11.6 Å². The van der Waals surface area contributed by atoms with Crippen LogP contribution in [0.4, 0.5) is 13.2 Å². The van der Waals surface area contributed by atoms with Gasteiger partial charge in [-0.15, -0.1) is 13.2 Å². The van der Waals surface area contributed by atoms with E-state index in [1.165, 1.54) is 6.92 Å². The van der Waals surface area contributed by atoms with E-state index in [1.807, 2.05) is 0 Å². The summed E-state index contributed by atoms with van der Waals surface area (Å²) in [5.41, 5.74) is 0.0911. The van der Waals surface area contributed by atoms with Gasteiger partial charge in [0.1, 0.15) is 16.1 Å². The molecule has 14 heavy (non-hydrogen) atoms. The van der Waals surface area contributed by atoms with Gasteiger partial charge < -0.3 is 4.74 Å². The SMILES string of the molecule is Cc1c(OC(F)(F)F)cc(Cl)nc1Cl. The van der Waals surface area contributed by atoms with E-state index >= 15 is 0 Å². The highest BCUT2D eigenvalue weighted by molar-refractivity contribution is 6.33. The fourth-order valence-corrected chi connectivity index (χ4v) is 1.17. The summed E-state index contributed by atoms with van der Waals surface area (Å²) in [4.78, 5) is 3.55. The van der Waals surface area contributed by atoms with Gasteiger partial charge in [-0.3, -0.25) is 0 Å². The molecule has 1 rings (SSSR count). The smallest absolute Gasteiger partial charge is 0.405 e. The van der Waals surface area contributed by atoms with Crippen molar-refractivity contribution < 1.29 is 17.9 Å². The van der Waals surface area contributed by atoms with E-state index in [1.54, 1.807) is 0 Å². The number of halogens is 5. The van der Waals surface area contributed by atoms with E-state index in [-0.39, 0.29) is 15.9 Å². The Kier molecular flexibility index (Phi) is 3.11. The molecular formula is C7H4Cl2F3NO. The van der Waals surface area contributed by atoms with Crippen LogP contribution in [0.25, 0.3) is 0 Å². The maximum absolute atomic E-state index is 11.9. The number of nitrogens with zero attached hydrogens (tertiary/aromatic N) is 1. The Morgan fingerprint density at radius 1 is 1.36 bits per heavy atom. The summed E-state index contributed by atoms with van der Waals surface area (Å²) in [5, 5.41) is -0.267. The van der Waals surface area contributed by atoms with Crippen LogP contribution >= 0.6 is 23.2 Å². The van der Waals surface area contributed by atoms with Gasteiger partial charge in [0.05, 0.1) is 0 Å². The van der Waals surface area contributed by atoms with E-state index in [2.05, 4.69) is 9.72 Å². The summed E-state index contributed by atoms with van der Waals surface area (Å²) in [7, 11) is 0. The molecule has 1 heterocycles. The molecule has 0 fully saturated rings. The molecule has 0 saturated heterocycles. The molecule has 7 heteroatoms. The first-order chi connectivity index (χ1) is 6.29. The highest BCUT2D eigenvalue weighted by Gasteiger charge is 2.32. The number of aromatic nitrogens is 1. The standard InChI is InChI=1S/C7H4Cl2F3NO/c1-3-4(14-7(10,11)12)2-5(8)13-6(3)9/h2H,1H3. The van der Waals surface area contributed by atoms with E-state index < -0.39 is 12.1 Å². The van der Waals surface area contributed by atoms with Crippen LogP contribution < -0.4 is 4.74 Å². The minimum Gasteiger partial charge on any atom is -0.405 e.